The van der Waals surface area contributed by atoms with Crippen LogP contribution in [0.15, 0.2) is 24.3 Å². The molecule has 2 aromatic rings. The first kappa shape index (κ1) is 11.8. The summed E-state index contributed by atoms with van der Waals surface area (Å²) in [6.45, 7) is 0.778. The molecule has 0 radical (unpaired) electrons. The standard InChI is InChI=1S/C13H12N2OS/c1-3-8-15(2)9-11(16)13-14-10-6-4-5-7-12(10)17-13/h1,4-7H,8-9H2,2H3. The van der Waals surface area contributed by atoms with Crippen LogP contribution in [0, 0.1) is 12.3 Å². The summed E-state index contributed by atoms with van der Waals surface area (Å²) in [7, 11) is 1.82. The van der Waals surface area contributed by atoms with E-state index >= 15 is 0 Å². The van der Waals surface area contributed by atoms with Gasteiger partial charge in [0, 0.05) is 0 Å². The maximum atomic E-state index is 11.9. The van der Waals surface area contributed by atoms with Gasteiger partial charge in [-0.1, -0.05) is 18.1 Å². The molecule has 0 bridgehead atoms. The molecule has 0 saturated heterocycles. The van der Waals surface area contributed by atoms with Crippen LogP contribution in [-0.4, -0.2) is 35.8 Å². The van der Waals surface area contributed by atoms with Crippen LogP contribution in [0.4, 0.5) is 0 Å². The Bertz CT molecular complexity index is 549. The van der Waals surface area contributed by atoms with Gasteiger partial charge in [-0.05, 0) is 19.2 Å². The van der Waals surface area contributed by atoms with E-state index in [1.165, 1.54) is 11.3 Å². The van der Waals surface area contributed by atoms with Gasteiger partial charge in [0.15, 0.2) is 5.01 Å². The van der Waals surface area contributed by atoms with Crippen LogP contribution >= 0.6 is 11.3 Å². The quantitative estimate of drug-likeness (QED) is 0.609. The lowest BCUT2D eigenvalue weighted by Crippen LogP contribution is -2.26. The van der Waals surface area contributed by atoms with Crippen LogP contribution in [-0.2, 0) is 0 Å². The molecule has 1 heterocycles. The maximum Gasteiger partial charge on any atom is 0.205 e. The summed E-state index contributed by atoms with van der Waals surface area (Å²) in [5.41, 5.74) is 0.875. The smallest absolute Gasteiger partial charge is 0.205 e. The summed E-state index contributed by atoms with van der Waals surface area (Å²) in [6.07, 6.45) is 5.19. The van der Waals surface area contributed by atoms with Crippen molar-refractivity contribution in [3.63, 3.8) is 0 Å². The number of Topliss-reactive ketones (excluding diaryl/α,β-unsaturated/α-hetero) is 1. The van der Waals surface area contributed by atoms with Crippen LogP contribution in [0.3, 0.4) is 0 Å². The lowest BCUT2D eigenvalue weighted by Gasteiger charge is -2.09. The second-order valence-electron chi connectivity index (χ2n) is 3.79. The molecule has 4 heteroatoms. The molecule has 0 aliphatic heterocycles. The Labute approximate surface area is 104 Å². The lowest BCUT2D eigenvalue weighted by atomic mass is 10.3. The number of nitrogens with zero attached hydrogens (tertiary/aromatic N) is 2. The third-order valence-electron chi connectivity index (χ3n) is 2.31. The highest BCUT2D eigenvalue weighted by atomic mass is 32.1. The highest BCUT2D eigenvalue weighted by molar-refractivity contribution is 7.20. The molecule has 0 amide bonds. The van der Waals surface area contributed by atoms with Crippen molar-refractivity contribution in [2.75, 3.05) is 20.1 Å². The van der Waals surface area contributed by atoms with Crippen LogP contribution < -0.4 is 0 Å². The Kier molecular flexibility index (Phi) is 3.52. The summed E-state index contributed by atoms with van der Waals surface area (Å²) in [5, 5.41) is 0.551. The Balaban J connectivity index is 2.17. The molecule has 0 fully saturated rings. The number of fused-ring (bicyclic) bond motifs is 1. The Morgan fingerprint density at radius 1 is 1.53 bits per heavy atom. The highest BCUT2D eigenvalue weighted by Gasteiger charge is 2.13. The third kappa shape index (κ3) is 2.70. The Morgan fingerprint density at radius 3 is 3.00 bits per heavy atom. The van der Waals surface area contributed by atoms with Crippen molar-refractivity contribution in [3.05, 3.63) is 29.3 Å². The van der Waals surface area contributed by atoms with Gasteiger partial charge in [-0.2, -0.15) is 0 Å². The Hall–Kier alpha value is -1.70. The number of ketones is 1. The number of para-hydroxylation sites is 1. The first-order chi connectivity index (χ1) is 8.20. The fraction of sp³-hybridized carbons (Fsp3) is 0.231. The second-order valence-corrected chi connectivity index (χ2v) is 4.82. The van der Waals surface area contributed by atoms with Gasteiger partial charge < -0.3 is 0 Å². The van der Waals surface area contributed by atoms with Crippen LogP contribution in [0.25, 0.3) is 10.2 Å². The number of benzene rings is 1. The van der Waals surface area contributed by atoms with E-state index in [1.54, 1.807) is 4.90 Å². The minimum absolute atomic E-state index is 0.0175. The van der Waals surface area contributed by atoms with Crippen molar-refractivity contribution >= 4 is 27.3 Å². The van der Waals surface area contributed by atoms with Gasteiger partial charge in [-0.25, -0.2) is 4.98 Å². The predicted molar refractivity (Wildman–Crippen MR) is 70.3 cm³/mol. The van der Waals surface area contributed by atoms with Crippen molar-refractivity contribution in [2.24, 2.45) is 0 Å². The minimum Gasteiger partial charge on any atom is -0.290 e. The zero-order valence-corrected chi connectivity index (χ0v) is 10.3. The molecule has 0 N–H and O–H groups in total. The number of carbonyl (C=O) groups is 1. The predicted octanol–water partition coefficient (Wildman–Crippen LogP) is 2.04. The van der Waals surface area contributed by atoms with E-state index in [0.717, 1.165) is 10.2 Å². The topological polar surface area (TPSA) is 33.2 Å². The fourth-order valence-electron chi connectivity index (χ4n) is 1.52. The molecule has 2 rings (SSSR count). The number of hydrogen-bond donors (Lipinski definition) is 0. The number of carbonyl (C=O) groups excluding carboxylic acids is 1. The summed E-state index contributed by atoms with van der Waals surface area (Å²) < 4.78 is 1.04. The second kappa shape index (κ2) is 5.09. The van der Waals surface area contributed by atoms with E-state index in [2.05, 4.69) is 10.9 Å². The summed E-state index contributed by atoms with van der Waals surface area (Å²) in [4.78, 5) is 18.1. The van der Waals surface area contributed by atoms with Gasteiger partial charge in [-0.3, -0.25) is 9.69 Å². The van der Waals surface area contributed by atoms with Crippen molar-refractivity contribution in [2.45, 2.75) is 0 Å². The van der Waals surface area contributed by atoms with E-state index in [1.807, 2.05) is 31.3 Å². The van der Waals surface area contributed by atoms with Gasteiger partial charge in [0.05, 0.1) is 23.3 Å². The van der Waals surface area contributed by atoms with Crippen molar-refractivity contribution in [1.82, 2.24) is 9.88 Å². The number of terminal acetylenes is 1. The molecule has 0 aliphatic rings. The summed E-state index contributed by atoms with van der Waals surface area (Å²) in [5.74, 6) is 2.53. The lowest BCUT2D eigenvalue weighted by molar-refractivity contribution is 0.0952. The highest BCUT2D eigenvalue weighted by Crippen LogP contribution is 2.21. The SMILES string of the molecule is C#CCN(C)CC(=O)c1nc2ccccc2s1. The van der Waals surface area contributed by atoms with E-state index in [4.69, 9.17) is 6.42 Å². The van der Waals surface area contributed by atoms with Gasteiger partial charge in [0.1, 0.15) is 0 Å². The van der Waals surface area contributed by atoms with E-state index in [-0.39, 0.29) is 5.78 Å². The molecule has 1 aromatic heterocycles. The molecule has 86 valence electrons. The minimum atomic E-state index is 0.0175. The maximum absolute atomic E-state index is 11.9. The molecule has 0 unspecified atom stereocenters. The van der Waals surface area contributed by atoms with Gasteiger partial charge >= 0.3 is 0 Å². The van der Waals surface area contributed by atoms with E-state index in [9.17, 15) is 4.79 Å². The number of aromatic nitrogens is 1. The average Bonchev–Trinajstić information content (AvgIpc) is 2.72. The molecule has 3 nitrogen and oxygen atoms in total. The van der Waals surface area contributed by atoms with E-state index in [0.29, 0.717) is 18.1 Å². The number of hydrogen-bond acceptors (Lipinski definition) is 4. The van der Waals surface area contributed by atoms with Crippen molar-refractivity contribution in [3.8, 4) is 12.3 Å². The molecule has 0 aliphatic carbocycles. The largest absolute Gasteiger partial charge is 0.290 e. The van der Waals surface area contributed by atoms with Crippen molar-refractivity contribution < 1.29 is 4.79 Å². The monoisotopic (exact) mass is 244 g/mol. The summed E-state index contributed by atoms with van der Waals surface area (Å²) in [6, 6.07) is 7.74. The van der Waals surface area contributed by atoms with Crippen LogP contribution in [0.5, 0.6) is 0 Å². The first-order valence-electron chi connectivity index (χ1n) is 5.21. The Morgan fingerprint density at radius 2 is 2.29 bits per heavy atom. The van der Waals surface area contributed by atoms with Gasteiger partial charge in [0.2, 0.25) is 5.78 Å². The van der Waals surface area contributed by atoms with Crippen LogP contribution in [0.2, 0.25) is 0 Å². The number of thiazole rings is 1. The molecule has 0 spiro atoms. The molecule has 0 atom stereocenters. The van der Waals surface area contributed by atoms with Gasteiger partial charge in [-0.15, -0.1) is 17.8 Å². The molecular weight excluding hydrogens is 232 g/mol. The number of rotatable bonds is 4. The molecule has 0 saturated carbocycles. The van der Waals surface area contributed by atoms with E-state index < -0.39 is 0 Å². The molecule has 17 heavy (non-hydrogen) atoms. The fourth-order valence-corrected chi connectivity index (χ4v) is 2.41. The first-order valence-corrected chi connectivity index (χ1v) is 6.03. The number of likely N-dealkylation sites (N-methyl/N-ethyl adjacent to an activating group) is 1. The normalized spacial score (nSPS) is 10.6. The zero-order valence-electron chi connectivity index (χ0n) is 9.51. The molecule has 1 aromatic carbocycles. The molecular formula is C13H12N2OS. The summed E-state index contributed by atoms with van der Waals surface area (Å²) >= 11 is 1.43. The van der Waals surface area contributed by atoms with Crippen LogP contribution in [0.1, 0.15) is 9.80 Å². The average molecular weight is 244 g/mol. The third-order valence-corrected chi connectivity index (χ3v) is 3.38. The van der Waals surface area contributed by atoms with Crippen molar-refractivity contribution in [1.29, 1.82) is 0 Å². The zero-order chi connectivity index (χ0) is 12.3. The van der Waals surface area contributed by atoms with Gasteiger partial charge in [0.25, 0.3) is 0 Å².